The number of aryl methyl sites for hydroxylation is 1. The lowest BCUT2D eigenvalue weighted by molar-refractivity contribution is -0.116. The molecule has 0 aliphatic carbocycles. The van der Waals surface area contributed by atoms with Gasteiger partial charge in [0, 0.05) is 41.4 Å². The number of rotatable bonds is 7. The maximum atomic E-state index is 12.2. The number of urea groups is 1. The Morgan fingerprint density at radius 2 is 1.70 bits per heavy atom. The lowest BCUT2D eigenvalue weighted by Gasteiger charge is -2.08. The molecule has 2 aromatic carbocycles. The summed E-state index contributed by atoms with van der Waals surface area (Å²) in [7, 11) is 0. The van der Waals surface area contributed by atoms with Crippen LogP contribution in [0, 0.1) is 0 Å². The van der Waals surface area contributed by atoms with Crippen LogP contribution in [0.4, 0.5) is 16.2 Å². The van der Waals surface area contributed by atoms with E-state index in [1.54, 1.807) is 30.3 Å². The fourth-order valence-corrected chi connectivity index (χ4v) is 2.79. The van der Waals surface area contributed by atoms with Crippen LogP contribution < -0.4 is 16.0 Å². The van der Waals surface area contributed by atoms with Crippen LogP contribution in [-0.2, 0) is 11.2 Å². The predicted molar refractivity (Wildman–Crippen MR) is 109 cm³/mol. The van der Waals surface area contributed by atoms with Crippen molar-refractivity contribution in [1.29, 1.82) is 0 Å². The summed E-state index contributed by atoms with van der Waals surface area (Å²) in [6, 6.07) is 14.7. The van der Waals surface area contributed by atoms with E-state index in [4.69, 9.17) is 0 Å². The molecule has 3 aromatic rings. The average molecular weight is 362 g/mol. The minimum Gasteiger partial charge on any atom is -0.361 e. The number of hydrogen-bond acceptors (Lipinski definition) is 2. The zero-order chi connectivity index (χ0) is 19.1. The second kappa shape index (κ2) is 8.71. The topological polar surface area (TPSA) is 86.0 Å². The summed E-state index contributed by atoms with van der Waals surface area (Å²) < 4.78 is 0. The zero-order valence-electron chi connectivity index (χ0n) is 14.9. The molecular weight excluding hydrogens is 340 g/mol. The van der Waals surface area contributed by atoms with E-state index < -0.39 is 0 Å². The molecule has 27 heavy (non-hydrogen) atoms. The Balaban J connectivity index is 1.50. The predicted octanol–water partition coefficient (Wildman–Crippen LogP) is 4.05. The summed E-state index contributed by atoms with van der Waals surface area (Å²) in [4.78, 5) is 27.0. The first-order valence-electron chi connectivity index (χ1n) is 8.76. The molecule has 0 aliphatic heterocycles. The van der Waals surface area contributed by atoms with Crippen LogP contribution in [0.2, 0.25) is 0 Å². The number of fused-ring (bicyclic) bond motifs is 1. The number of hydrogen-bond donors (Lipinski definition) is 4. The molecule has 6 nitrogen and oxygen atoms in total. The number of para-hydroxylation sites is 1. The van der Waals surface area contributed by atoms with Crippen molar-refractivity contribution in [2.24, 2.45) is 0 Å². The van der Waals surface area contributed by atoms with Crippen LogP contribution in [0.5, 0.6) is 0 Å². The van der Waals surface area contributed by atoms with Crippen molar-refractivity contribution < 1.29 is 9.59 Å². The summed E-state index contributed by atoms with van der Waals surface area (Å²) in [6.45, 7) is 3.94. The molecule has 1 heterocycles. The number of aromatic nitrogens is 1. The van der Waals surface area contributed by atoms with Crippen LogP contribution in [0.15, 0.2) is 67.4 Å². The Kier molecular flexibility index (Phi) is 5.89. The van der Waals surface area contributed by atoms with Gasteiger partial charge in [-0.25, -0.2) is 4.79 Å². The van der Waals surface area contributed by atoms with E-state index in [2.05, 4.69) is 33.6 Å². The quantitative estimate of drug-likeness (QED) is 0.478. The third-order valence-corrected chi connectivity index (χ3v) is 4.13. The van der Waals surface area contributed by atoms with E-state index >= 15 is 0 Å². The summed E-state index contributed by atoms with van der Waals surface area (Å²) in [5.74, 6) is -0.0512. The number of anilines is 2. The van der Waals surface area contributed by atoms with Crippen molar-refractivity contribution in [2.75, 3.05) is 17.2 Å². The van der Waals surface area contributed by atoms with Gasteiger partial charge in [0.1, 0.15) is 0 Å². The standard InChI is InChI=1S/C21H22N4O2/c1-2-13-22-21(27)25-17-10-8-16(9-11-17)24-20(26)12-7-15-14-23-19-6-4-3-5-18(15)19/h2-6,8-11,14,23H,1,7,12-13H2,(H,24,26)(H2,22,25,27). The SMILES string of the molecule is C=CCNC(=O)Nc1ccc(NC(=O)CCc2c[nH]c3ccccc23)cc1. The second-order valence-corrected chi connectivity index (χ2v) is 6.11. The van der Waals surface area contributed by atoms with Crippen molar-refractivity contribution in [1.82, 2.24) is 10.3 Å². The molecule has 0 atom stereocenters. The number of carbonyl (C=O) groups is 2. The Hall–Kier alpha value is -3.54. The first kappa shape index (κ1) is 18.3. The van der Waals surface area contributed by atoms with Crippen LogP contribution in [0.1, 0.15) is 12.0 Å². The fourth-order valence-electron chi connectivity index (χ4n) is 2.79. The summed E-state index contributed by atoms with van der Waals surface area (Å²) in [5.41, 5.74) is 3.54. The van der Waals surface area contributed by atoms with Gasteiger partial charge in [-0.3, -0.25) is 4.79 Å². The minimum absolute atomic E-state index is 0.0512. The number of H-pyrrole nitrogens is 1. The van der Waals surface area contributed by atoms with Crippen molar-refractivity contribution in [2.45, 2.75) is 12.8 Å². The highest BCUT2D eigenvalue weighted by Crippen LogP contribution is 2.19. The molecule has 0 fully saturated rings. The van der Waals surface area contributed by atoms with Gasteiger partial charge in [0.05, 0.1) is 0 Å². The van der Waals surface area contributed by atoms with Gasteiger partial charge in [0.2, 0.25) is 5.91 Å². The molecule has 0 unspecified atom stereocenters. The summed E-state index contributed by atoms with van der Waals surface area (Å²) in [5, 5.41) is 9.36. The van der Waals surface area contributed by atoms with E-state index in [9.17, 15) is 9.59 Å². The average Bonchev–Trinajstić information content (AvgIpc) is 3.09. The highest BCUT2D eigenvalue weighted by molar-refractivity contribution is 5.93. The lowest BCUT2D eigenvalue weighted by atomic mass is 10.1. The third-order valence-electron chi connectivity index (χ3n) is 4.13. The molecule has 138 valence electrons. The van der Waals surface area contributed by atoms with Gasteiger partial charge in [-0.2, -0.15) is 0 Å². The molecule has 0 spiro atoms. The monoisotopic (exact) mass is 362 g/mol. The van der Waals surface area contributed by atoms with Gasteiger partial charge in [-0.1, -0.05) is 24.3 Å². The van der Waals surface area contributed by atoms with Gasteiger partial charge >= 0.3 is 6.03 Å². The van der Waals surface area contributed by atoms with Crippen LogP contribution in [0.25, 0.3) is 10.9 Å². The van der Waals surface area contributed by atoms with Crippen molar-refractivity contribution >= 4 is 34.2 Å². The minimum atomic E-state index is -0.301. The molecule has 3 amide bonds. The number of aromatic amines is 1. The van der Waals surface area contributed by atoms with Crippen molar-refractivity contribution in [3.05, 3.63) is 72.9 Å². The van der Waals surface area contributed by atoms with E-state index in [1.165, 1.54) is 0 Å². The highest BCUT2D eigenvalue weighted by Gasteiger charge is 2.07. The molecule has 0 aliphatic rings. The van der Waals surface area contributed by atoms with Crippen LogP contribution >= 0.6 is 0 Å². The molecular formula is C21H22N4O2. The lowest BCUT2D eigenvalue weighted by Crippen LogP contribution is -2.28. The molecule has 3 rings (SSSR count). The number of carbonyl (C=O) groups excluding carboxylic acids is 2. The molecule has 6 heteroatoms. The molecule has 0 saturated carbocycles. The van der Waals surface area contributed by atoms with Gasteiger partial charge < -0.3 is 20.9 Å². The molecule has 4 N–H and O–H groups in total. The molecule has 0 bridgehead atoms. The zero-order valence-corrected chi connectivity index (χ0v) is 14.9. The maximum absolute atomic E-state index is 12.2. The Bertz CT molecular complexity index is 944. The highest BCUT2D eigenvalue weighted by atomic mass is 16.2. The van der Waals surface area contributed by atoms with E-state index in [0.29, 0.717) is 30.8 Å². The number of amides is 3. The smallest absolute Gasteiger partial charge is 0.319 e. The Morgan fingerprint density at radius 3 is 2.44 bits per heavy atom. The first-order chi connectivity index (χ1) is 13.2. The van der Waals surface area contributed by atoms with Crippen molar-refractivity contribution in [3.8, 4) is 0 Å². The van der Waals surface area contributed by atoms with Crippen molar-refractivity contribution in [3.63, 3.8) is 0 Å². The summed E-state index contributed by atoms with van der Waals surface area (Å²) in [6.07, 6.45) is 4.62. The van der Waals surface area contributed by atoms with Gasteiger partial charge in [-0.15, -0.1) is 6.58 Å². The van der Waals surface area contributed by atoms with E-state index in [-0.39, 0.29) is 11.9 Å². The van der Waals surface area contributed by atoms with Crippen LogP contribution in [0.3, 0.4) is 0 Å². The first-order valence-corrected chi connectivity index (χ1v) is 8.76. The van der Waals surface area contributed by atoms with Gasteiger partial charge in [0.15, 0.2) is 0 Å². The van der Waals surface area contributed by atoms with Gasteiger partial charge in [-0.05, 0) is 42.3 Å². The normalized spacial score (nSPS) is 10.4. The third kappa shape index (κ3) is 4.98. The van der Waals surface area contributed by atoms with Crippen LogP contribution in [-0.4, -0.2) is 23.5 Å². The molecule has 0 radical (unpaired) electrons. The maximum Gasteiger partial charge on any atom is 0.319 e. The molecule has 1 aromatic heterocycles. The second-order valence-electron chi connectivity index (χ2n) is 6.11. The van der Waals surface area contributed by atoms with Gasteiger partial charge in [0.25, 0.3) is 0 Å². The molecule has 0 saturated heterocycles. The number of nitrogens with one attached hydrogen (secondary N) is 4. The largest absolute Gasteiger partial charge is 0.361 e. The number of benzene rings is 2. The Labute approximate surface area is 157 Å². The van der Waals surface area contributed by atoms with E-state index in [1.807, 2.05) is 24.4 Å². The summed E-state index contributed by atoms with van der Waals surface area (Å²) >= 11 is 0. The Morgan fingerprint density at radius 1 is 1.00 bits per heavy atom. The van der Waals surface area contributed by atoms with E-state index in [0.717, 1.165) is 16.5 Å². The fraction of sp³-hybridized carbons (Fsp3) is 0.143.